The highest BCUT2D eigenvalue weighted by Crippen LogP contribution is 2.30. The number of carbonyl (C=O) groups excluding carboxylic acids is 2. The van der Waals surface area contributed by atoms with Gasteiger partial charge in [-0.2, -0.15) is 0 Å². The van der Waals surface area contributed by atoms with Gasteiger partial charge in [0.25, 0.3) is 5.91 Å². The minimum atomic E-state index is -0.356. The molecular formula is C17H14INO3. The third-order valence-electron chi connectivity index (χ3n) is 3.71. The van der Waals surface area contributed by atoms with Gasteiger partial charge in [0.05, 0.1) is 12.7 Å². The zero-order valence-electron chi connectivity index (χ0n) is 12.0. The summed E-state index contributed by atoms with van der Waals surface area (Å²) < 4.78 is 5.76. The molecule has 5 heteroatoms. The lowest BCUT2D eigenvalue weighted by atomic mass is 10.1. The lowest BCUT2D eigenvalue weighted by Gasteiger charge is -2.17. The summed E-state index contributed by atoms with van der Waals surface area (Å²) in [6.45, 7) is 0.629. The van der Waals surface area contributed by atoms with Crippen LogP contribution >= 0.6 is 22.6 Å². The van der Waals surface area contributed by atoms with Gasteiger partial charge in [-0.15, -0.1) is 0 Å². The molecule has 0 saturated carbocycles. The summed E-state index contributed by atoms with van der Waals surface area (Å²) in [7, 11) is 1.36. The second-order valence-corrected chi connectivity index (χ2v) is 6.30. The Hall–Kier alpha value is -1.89. The van der Waals surface area contributed by atoms with Gasteiger partial charge in [0.1, 0.15) is 0 Å². The smallest absolute Gasteiger partial charge is 0.337 e. The Morgan fingerprint density at radius 2 is 1.95 bits per heavy atom. The minimum Gasteiger partial charge on any atom is -0.465 e. The number of esters is 1. The van der Waals surface area contributed by atoms with Crippen molar-refractivity contribution in [1.29, 1.82) is 0 Å². The first kappa shape index (κ1) is 15.0. The van der Waals surface area contributed by atoms with Crippen molar-refractivity contribution in [3.05, 3.63) is 62.7 Å². The van der Waals surface area contributed by atoms with E-state index in [9.17, 15) is 9.59 Å². The summed E-state index contributed by atoms with van der Waals surface area (Å²) in [4.78, 5) is 26.0. The molecule has 0 radical (unpaired) electrons. The summed E-state index contributed by atoms with van der Waals surface area (Å²) >= 11 is 2.20. The van der Waals surface area contributed by atoms with E-state index in [2.05, 4.69) is 22.6 Å². The van der Waals surface area contributed by atoms with E-state index in [-0.39, 0.29) is 11.9 Å². The van der Waals surface area contributed by atoms with Crippen LogP contribution in [0.3, 0.4) is 0 Å². The van der Waals surface area contributed by atoms with Crippen molar-refractivity contribution in [2.75, 3.05) is 18.6 Å². The zero-order valence-corrected chi connectivity index (χ0v) is 14.2. The maximum atomic E-state index is 12.7. The monoisotopic (exact) mass is 407 g/mol. The van der Waals surface area contributed by atoms with Crippen LogP contribution in [0.5, 0.6) is 0 Å². The number of amides is 1. The van der Waals surface area contributed by atoms with E-state index in [1.165, 1.54) is 7.11 Å². The van der Waals surface area contributed by atoms with Crippen LogP contribution in [-0.2, 0) is 11.2 Å². The molecule has 0 fully saturated rings. The van der Waals surface area contributed by atoms with Crippen molar-refractivity contribution in [2.45, 2.75) is 6.42 Å². The first-order chi connectivity index (χ1) is 10.6. The van der Waals surface area contributed by atoms with Crippen LogP contribution in [0.2, 0.25) is 0 Å². The van der Waals surface area contributed by atoms with Gasteiger partial charge in [-0.3, -0.25) is 4.79 Å². The molecule has 0 N–H and O–H groups in total. The Labute approximate surface area is 142 Å². The standard InChI is InChI=1S/C17H14INO3/c1-22-17(21)13-5-6-15-11(9-13)7-8-19(15)16(20)12-3-2-4-14(18)10-12/h2-6,9-10H,7-8H2,1H3. The molecule has 4 nitrogen and oxygen atoms in total. The second kappa shape index (κ2) is 6.08. The zero-order chi connectivity index (χ0) is 15.7. The molecule has 1 heterocycles. The predicted octanol–water partition coefficient (Wildman–Crippen LogP) is 3.28. The molecule has 0 aromatic heterocycles. The van der Waals surface area contributed by atoms with Crippen LogP contribution in [0.15, 0.2) is 42.5 Å². The van der Waals surface area contributed by atoms with Crippen molar-refractivity contribution in [2.24, 2.45) is 0 Å². The van der Waals surface area contributed by atoms with E-state index in [0.717, 1.165) is 21.2 Å². The number of anilines is 1. The van der Waals surface area contributed by atoms with Crippen molar-refractivity contribution >= 4 is 40.2 Å². The maximum absolute atomic E-state index is 12.7. The number of rotatable bonds is 2. The highest BCUT2D eigenvalue weighted by atomic mass is 127. The topological polar surface area (TPSA) is 46.6 Å². The molecule has 0 atom stereocenters. The van der Waals surface area contributed by atoms with Gasteiger partial charge in [-0.1, -0.05) is 6.07 Å². The fourth-order valence-electron chi connectivity index (χ4n) is 2.63. The SMILES string of the molecule is COC(=O)c1ccc2c(c1)CCN2C(=O)c1cccc(I)c1. The number of benzene rings is 2. The highest BCUT2D eigenvalue weighted by molar-refractivity contribution is 14.1. The Morgan fingerprint density at radius 3 is 2.68 bits per heavy atom. The van der Waals surface area contributed by atoms with E-state index >= 15 is 0 Å². The van der Waals surface area contributed by atoms with Crippen LogP contribution in [0.25, 0.3) is 0 Å². The number of halogens is 1. The summed E-state index contributed by atoms with van der Waals surface area (Å²) in [5.41, 5.74) is 3.07. The van der Waals surface area contributed by atoms with E-state index in [1.54, 1.807) is 11.0 Å². The summed E-state index contributed by atoms with van der Waals surface area (Å²) in [6.07, 6.45) is 0.746. The average molecular weight is 407 g/mol. The summed E-state index contributed by atoms with van der Waals surface area (Å²) in [5, 5.41) is 0. The van der Waals surface area contributed by atoms with Crippen LogP contribution in [-0.4, -0.2) is 25.5 Å². The Kier molecular flexibility index (Phi) is 4.15. The number of carbonyl (C=O) groups is 2. The first-order valence-electron chi connectivity index (χ1n) is 6.89. The number of nitrogens with zero attached hydrogens (tertiary/aromatic N) is 1. The number of hydrogen-bond donors (Lipinski definition) is 0. The third-order valence-corrected chi connectivity index (χ3v) is 4.38. The lowest BCUT2D eigenvalue weighted by molar-refractivity contribution is 0.0600. The fourth-order valence-corrected chi connectivity index (χ4v) is 3.18. The quantitative estimate of drug-likeness (QED) is 0.567. The summed E-state index contributed by atoms with van der Waals surface area (Å²) in [6, 6.07) is 12.9. The van der Waals surface area contributed by atoms with Crippen LogP contribution < -0.4 is 4.90 Å². The van der Waals surface area contributed by atoms with Gasteiger partial charge in [-0.05, 0) is 71.0 Å². The lowest BCUT2D eigenvalue weighted by Crippen LogP contribution is -2.28. The van der Waals surface area contributed by atoms with Gasteiger partial charge in [-0.25, -0.2) is 4.79 Å². The average Bonchev–Trinajstić information content (AvgIpc) is 2.96. The normalized spacial score (nSPS) is 12.9. The van der Waals surface area contributed by atoms with Gasteiger partial charge in [0, 0.05) is 21.4 Å². The highest BCUT2D eigenvalue weighted by Gasteiger charge is 2.26. The molecule has 2 aromatic rings. The molecule has 1 aliphatic heterocycles. The fraction of sp³-hybridized carbons (Fsp3) is 0.176. The Balaban J connectivity index is 1.91. The van der Waals surface area contributed by atoms with E-state index in [0.29, 0.717) is 17.7 Å². The van der Waals surface area contributed by atoms with Crippen LogP contribution in [0, 0.1) is 3.57 Å². The van der Waals surface area contributed by atoms with Gasteiger partial charge in [0.2, 0.25) is 0 Å². The predicted molar refractivity (Wildman–Crippen MR) is 92.3 cm³/mol. The first-order valence-corrected chi connectivity index (χ1v) is 7.96. The largest absolute Gasteiger partial charge is 0.465 e. The van der Waals surface area contributed by atoms with E-state index in [1.807, 2.05) is 36.4 Å². The summed E-state index contributed by atoms with van der Waals surface area (Å²) in [5.74, 6) is -0.367. The molecule has 0 saturated heterocycles. The molecule has 0 unspecified atom stereocenters. The van der Waals surface area contributed by atoms with Crippen molar-refractivity contribution in [1.82, 2.24) is 0 Å². The molecule has 1 amide bonds. The molecule has 0 spiro atoms. The molecule has 112 valence electrons. The van der Waals surface area contributed by atoms with Crippen LogP contribution in [0.1, 0.15) is 26.3 Å². The van der Waals surface area contributed by atoms with Gasteiger partial charge >= 0.3 is 5.97 Å². The van der Waals surface area contributed by atoms with Gasteiger partial charge in [0.15, 0.2) is 0 Å². The molecule has 0 aliphatic carbocycles. The minimum absolute atomic E-state index is 0.0110. The molecule has 3 rings (SSSR count). The molecule has 1 aliphatic rings. The third kappa shape index (κ3) is 2.72. The van der Waals surface area contributed by atoms with Crippen molar-refractivity contribution in [3.63, 3.8) is 0 Å². The Bertz CT molecular complexity index is 757. The number of fused-ring (bicyclic) bond motifs is 1. The number of hydrogen-bond acceptors (Lipinski definition) is 3. The second-order valence-electron chi connectivity index (χ2n) is 5.05. The van der Waals surface area contributed by atoms with Crippen LogP contribution in [0.4, 0.5) is 5.69 Å². The molecule has 2 aromatic carbocycles. The molecular weight excluding hydrogens is 393 g/mol. The van der Waals surface area contributed by atoms with Gasteiger partial charge < -0.3 is 9.64 Å². The van der Waals surface area contributed by atoms with E-state index < -0.39 is 0 Å². The Morgan fingerprint density at radius 1 is 1.14 bits per heavy atom. The maximum Gasteiger partial charge on any atom is 0.337 e. The molecule has 22 heavy (non-hydrogen) atoms. The number of methoxy groups -OCH3 is 1. The molecule has 0 bridgehead atoms. The van der Waals surface area contributed by atoms with Crippen molar-refractivity contribution < 1.29 is 14.3 Å². The number of ether oxygens (including phenoxy) is 1. The van der Waals surface area contributed by atoms with E-state index in [4.69, 9.17) is 4.74 Å². The van der Waals surface area contributed by atoms with Crippen molar-refractivity contribution in [3.8, 4) is 0 Å².